The van der Waals surface area contributed by atoms with Gasteiger partial charge in [-0.3, -0.25) is 0 Å². The van der Waals surface area contributed by atoms with Gasteiger partial charge < -0.3 is 10.1 Å². The van der Waals surface area contributed by atoms with Gasteiger partial charge in [-0.05, 0) is 31.9 Å². The topological polar surface area (TPSA) is 21.3 Å². The molecule has 1 aliphatic rings. The highest BCUT2D eigenvalue weighted by Gasteiger charge is 2.26. The van der Waals surface area contributed by atoms with E-state index in [1.54, 1.807) is 6.07 Å². The van der Waals surface area contributed by atoms with Crippen LogP contribution in [-0.2, 0) is 4.74 Å². The first-order valence-corrected chi connectivity index (χ1v) is 7.27. The van der Waals surface area contributed by atoms with Crippen molar-refractivity contribution < 1.29 is 9.13 Å². The Balaban J connectivity index is 2.09. The number of benzene rings is 1. The molecule has 1 fully saturated rings. The van der Waals surface area contributed by atoms with E-state index >= 15 is 0 Å². The quantitative estimate of drug-likeness (QED) is 0.877. The van der Waals surface area contributed by atoms with Gasteiger partial charge in [0.2, 0.25) is 0 Å². The number of ether oxygens (including phenoxy) is 1. The van der Waals surface area contributed by atoms with Crippen LogP contribution in [0.5, 0.6) is 0 Å². The zero-order chi connectivity index (χ0) is 13.7. The van der Waals surface area contributed by atoms with Gasteiger partial charge in [-0.1, -0.05) is 38.0 Å². The van der Waals surface area contributed by atoms with E-state index in [4.69, 9.17) is 4.74 Å². The van der Waals surface area contributed by atoms with Crippen LogP contribution in [0.2, 0.25) is 0 Å². The lowest BCUT2D eigenvalue weighted by Gasteiger charge is -2.32. The van der Waals surface area contributed by atoms with Gasteiger partial charge in [-0.15, -0.1) is 0 Å². The maximum atomic E-state index is 13.9. The standard InChI is InChI=1S/C16H24FNO/c1-12-7-3-6-10-15(12)19-16(11-18-2)13-8-4-5-9-14(13)17/h4-5,8-9,12,15-16,18H,3,6-7,10-11H2,1-2H3. The summed E-state index contributed by atoms with van der Waals surface area (Å²) < 4.78 is 20.1. The van der Waals surface area contributed by atoms with Crippen LogP contribution in [-0.4, -0.2) is 19.7 Å². The first-order valence-electron chi connectivity index (χ1n) is 7.27. The largest absolute Gasteiger partial charge is 0.369 e. The van der Waals surface area contributed by atoms with Crippen molar-refractivity contribution >= 4 is 0 Å². The molecule has 0 aliphatic heterocycles. The Hall–Kier alpha value is -0.930. The minimum atomic E-state index is -0.197. The highest BCUT2D eigenvalue weighted by Crippen LogP contribution is 2.31. The van der Waals surface area contributed by atoms with E-state index in [1.165, 1.54) is 25.3 Å². The van der Waals surface area contributed by atoms with Crippen LogP contribution in [0.4, 0.5) is 4.39 Å². The molecule has 3 heteroatoms. The van der Waals surface area contributed by atoms with Crippen molar-refractivity contribution in [2.45, 2.75) is 44.8 Å². The molecule has 0 bridgehead atoms. The number of rotatable bonds is 5. The summed E-state index contributed by atoms with van der Waals surface area (Å²) in [7, 11) is 1.88. The molecule has 2 rings (SSSR count). The van der Waals surface area contributed by atoms with Crippen molar-refractivity contribution in [3.05, 3.63) is 35.6 Å². The van der Waals surface area contributed by atoms with Gasteiger partial charge in [0, 0.05) is 12.1 Å². The molecule has 2 nitrogen and oxygen atoms in total. The van der Waals surface area contributed by atoms with Crippen LogP contribution < -0.4 is 5.32 Å². The van der Waals surface area contributed by atoms with Gasteiger partial charge in [0.15, 0.2) is 0 Å². The number of hydrogen-bond donors (Lipinski definition) is 1. The Morgan fingerprint density at radius 3 is 2.74 bits per heavy atom. The molecule has 3 unspecified atom stereocenters. The third-order valence-electron chi connectivity index (χ3n) is 4.01. The van der Waals surface area contributed by atoms with E-state index in [-0.39, 0.29) is 18.0 Å². The number of hydrogen-bond acceptors (Lipinski definition) is 2. The zero-order valence-electron chi connectivity index (χ0n) is 11.9. The van der Waals surface area contributed by atoms with Crippen LogP contribution in [0.1, 0.15) is 44.3 Å². The van der Waals surface area contributed by atoms with Crippen molar-refractivity contribution in [1.29, 1.82) is 0 Å². The Bertz CT molecular complexity index is 396. The third kappa shape index (κ3) is 3.77. The summed E-state index contributed by atoms with van der Waals surface area (Å²) in [5, 5.41) is 3.11. The fourth-order valence-corrected chi connectivity index (χ4v) is 2.85. The minimum Gasteiger partial charge on any atom is -0.369 e. The molecule has 1 aliphatic carbocycles. The normalized spacial score (nSPS) is 25.2. The summed E-state index contributed by atoms with van der Waals surface area (Å²) in [6, 6.07) is 6.92. The lowest BCUT2D eigenvalue weighted by atomic mass is 9.87. The molecule has 106 valence electrons. The molecule has 0 amide bonds. The van der Waals surface area contributed by atoms with Gasteiger partial charge >= 0.3 is 0 Å². The average molecular weight is 265 g/mol. The highest BCUT2D eigenvalue weighted by molar-refractivity contribution is 5.20. The lowest BCUT2D eigenvalue weighted by Crippen LogP contribution is -2.31. The second kappa shape index (κ2) is 7.01. The van der Waals surface area contributed by atoms with E-state index < -0.39 is 0 Å². The second-order valence-corrected chi connectivity index (χ2v) is 5.50. The Labute approximate surface area is 115 Å². The molecule has 1 aromatic carbocycles. The predicted molar refractivity (Wildman–Crippen MR) is 75.6 cm³/mol. The molecule has 0 heterocycles. The molecule has 19 heavy (non-hydrogen) atoms. The van der Waals surface area contributed by atoms with Crippen molar-refractivity contribution in [2.24, 2.45) is 5.92 Å². The number of nitrogens with one attached hydrogen (secondary N) is 1. The fraction of sp³-hybridized carbons (Fsp3) is 0.625. The Morgan fingerprint density at radius 2 is 2.05 bits per heavy atom. The Morgan fingerprint density at radius 1 is 1.32 bits per heavy atom. The molecule has 1 N–H and O–H groups in total. The SMILES string of the molecule is CNCC(OC1CCCCC1C)c1ccccc1F. The summed E-state index contributed by atoms with van der Waals surface area (Å²) in [4.78, 5) is 0. The number of likely N-dealkylation sites (N-methyl/N-ethyl adjacent to an activating group) is 1. The first-order chi connectivity index (χ1) is 9.22. The summed E-state index contributed by atoms with van der Waals surface area (Å²) in [6.45, 7) is 2.88. The average Bonchev–Trinajstić information content (AvgIpc) is 2.41. The third-order valence-corrected chi connectivity index (χ3v) is 4.01. The molecule has 0 aromatic heterocycles. The van der Waals surface area contributed by atoms with Crippen LogP contribution in [0, 0.1) is 11.7 Å². The van der Waals surface area contributed by atoms with Crippen LogP contribution in [0.3, 0.4) is 0 Å². The summed E-state index contributed by atoms with van der Waals surface area (Å²) >= 11 is 0. The van der Waals surface area contributed by atoms with Crippen LogP contribution in [0.15, 0.2) is 24.3 Å². The molecule has 0 radical (unpaired) electrons. The minimum absolute atomic E-state index is 0.175. The van der Waals surface area contributed by atoms with Gasteiger partial charge in [0.05, 0.1) is 12.2 Å². The molecule has 3 atom stereocenters. The van der Waals surface area contributed by atoms with Gasteiger partial charge in [0.25, 0.3) is 0 Å². The van der Waals surface area contributed by atoms with Gasteiger partial charge in [0.1, 0.15) is 5.82 Å². The molecular formula is C16H24FNO. The smallest absolute Gasteiger partial charge is 0.129 e. The van der Waals surface area contributed by atoms with Gasteiger partial charge in [-0.2, -0.15) is 0 Å². The van der Waals surface area contributed by atoms with Crippen molar-refractivity contribution in [2.75, 3.05) is 13.6 Å². The predicted octanol–water partition coefficient (Wildman–Crippen LogP) is 3.68. The summed E-state index contributed by atoms with van der Waals surface area (Å²) in [5.74, 6) is 0.395. The number of halogens is 1. The van der Waals surface area contributed by atoms with Crippen LogP contribution >= 0.6 is 0 Å². The summed E-state index contributed by atoms with van der Waals surface area (Å²) in [5.41, 5.74) is 0.662. The fourth-order valence-electron chi connectivity index (χ4n) is 2.85. The molecule has 1 aromatic rings. The van der Waals surface area contributed by atoms with Gasteiger partial charge in [-0.25, -0.2) is 4.39 Å². The van der Waals surface area contributed by atoms with Crippen molar-refractivity contribution in [3.8, 4) is 0 Å². The van der Waals surface area contributed by atoms with Crippen LogP contribution in [0.25, 0.3) is 0 Å². The van der Waals surface area contributed by atoms with Crippen molar-refractivity contribution in [1.82, 2.24) is 5.32 Å². The maximum Gasteiger partial charge on any atom is 0.129 e. The van der Waals surface area contributed by atoms with Crippen molar-refractivity contribution in [3.63, 3.8) is 0 Å². The summed E-state index contributed by atoms with van der Waals surface area (Å²) in [6.07, 6.45) is 4.88. The van der Waals surface area contributed by atoms with E-state index in [0.717, 1.165) is 6.42 Å². The molecular weight excluding hydrogens is 241 g/mol. The van der Waals surface area contributed by atoms with E-state index in [0.29, 0.717) is 18.0 Å². The van der Waals surface area contributed by atoms with E-state index in [1.807, 2.05) is 19.2 Å². The molecule has 1 saturated carbocycles. The molecule has 0 saturated heterocycles. The lowest BCUT2D eigenvalue weighted by molar-refractivity contribution is -0.0570. The molecule has 0 spiro atoms. The van der Waals surface area contributed by atoms with E-state index in [9.17, 15) is 4.39 Å². The maximum absolute atomic E-state index is 13.9. The monoisotopic (exact) mass is 265 g/mol. The second-order valence-electron chi connectivity index (χ2n) is 5.50. The highest BCUT2D eigenvalue weighted by atomic mass is 19.1. The van der Waals surface area contributed by atoms with E-state index in [2.05, 4.69) is 12.2 Å². The first kappa shape index (κ1) is 14.5. The Kier molecular flexibility index (Phi) is 5.34. The zero-order valence-corrected chi connectivity index (χ0v) is 11.9.